The van der Waals surface area contributed by atoms with Crippen molar-refractivity contribution < 1.29 is 0 Å². The molecule has 3 rings (SSSR count). The lowest BCUT2D eigenvalue weighted by molar-refractivity contribution is 0.918. The van der Waals surface area contributed by atoms with E-state index in [4.69, 9.17) is 0 Å². The van der Waals surface area contributed by atoms with Crippen LogP contribution in [0.25, 0.3) is 11.1 Å². The Morgan fingerprint density at radius 2 is 1.94 bits per heavy atom. The maximum Gasteiger partial charge on any atom is -0.000718 e. The van der Waals surface area contributed by atoms with Gasteiger partial charge in [0.1, 0.15) is 0 Å². The molecule has 1 radical (unpaired) electrons. The van der Waals surface area contributed by atoms with Gasteiger partial charge in [0.15, 0.2) is 0 Å². The van der Waals surface area contributed by atoms with Gasteiger partial charge in [0, 0.05) is 0 Å². The minimum Gasteiger partial charge on any atom is -0.0651 e. The molecule has 1 aliphatic carbocycles. The molecule has 0 amide bonds. The maximum absolute atomic E-state index is 3.57. The fourth-order valence-corrected chi connectivity index (χ4v) is 2.52. The third-order valence-electron chi connectivity index (χ3n) is 3.28. The Bertz CT molecular complexity index is 523. The lowest BCUT2D eigenvalue weighted by atomic mass is 10.0. The molecule has 16 heavy (non-hydrogen) atoms. The van der Waals surface area contributed by atoms with Crippen molar-refractivity contribution in [3.05, 3.63) is 59.2 Å². The van der Waals surface area contributed by atoms with E-state index in [0.29, 0.717) is 0 Å². The summed E-state index contributed by atoms with van der Waals surface area (Å²) < 4.78 is 0. The molecular weight excluding hydrogens is 192 g/mol. The average molecular weight is 207 g/mol. The van der Waals surface area contributed by atoms with Crippen LogP contribution in [0.3, 0.4) is 0 Å². The van der Waals surface area contributed by atoms with Crippen LogP contribution in [-0.2, 0) is 12.8 Å². The van der Waals surface area contributed by atoms with Gasteiger partial charge in [0.25, 0.3) is 0 Å². The van der Waals surface area contributed by atoms with Gasteiger partial charge in [-0.1, -0.05) is 49.7 Å². The zero-order chi connectivity index (χ0) is 11.0. The molecule has 0 atom stereocenters. The fraction of sp³-hybridized carbons (Fsp3) is 0.250. The second-order valence-corrected chi connectivity index (χ2v) is 4.46. The highest BCUT2D eigenvalue weighted by molar-refractivity contribution is 5.76. The molecule has 79 valence electrons. The largest absolute Gasteiger partial charge is 0.0651 e. The number of fused-ring (bicyclic) bond motifs is 3. The molecule has 0 spiro atoms. The highest BCUT2D eigenvalue weighted by Gasteiger charge is 2.17. The van der Waals surface area contributed by atoms with Gasteiger partial charge in [-0.25, -0.2) is 0 Å². The molecule has 0 heteroatoms. The first-order valence-corrected chi connectivity index (χ1v) is 6.01. The van der Waals surface area contributed by atoms with Crippen LogP contribution >= 0.6 is 0 Å². The molecule has 0 bridgehead atoms. The lowest BCUT2D eigenvalue weighted by Crippen LogP contribution is -1.87. The molecule has 0 aromatic heterocycles. The van der Waals surface area contributed by atoms with Gasteiger partial charge in [-0.3, -0.25) is 0 Å². The van der Waals surface area contributed by atoms with E-state index < -0.39 is 0 Å². The summed E-state index contributed by atoms with van der Waals surface area (Å²) in [7, 11) is 0. The highest BCUT2D eigenvalue weighted by Crippen LogP contribution is 2.36. The van der Waals surface area contributed by atoms with Gasteiger partial charge in [0.05, 0.1) is 0 Å². The first-order chi connectivity index (χ1) is 7.88. The van der Waals surface area contributed by atoms with E-state index >= 15 is 0 Å². The minimum atomic E-state index is 1.06. The van der Waals surface area contributed by atoms with Crippen molar-refractivity contribution in [3.8, 4) is 11.1 Å². The fourth-order valence-electron chi connectivity index (χ4n) is 2.52. The van der Waals surface area contributed by atoms with Crippen molar-refractivity contribution in [2.75, 3.05) is 0 Å². The first-order valence-electron chi connectivity index (χ1n) is 6.01. The summed E-state index contributed by atoms with van der Waals surface area (Å²) in [5.41, 5.74) is 6.97. The summed E-state index contributed by atoms with van der Waals surface area (Å²) in [5, 5.41) is 0. The van der Waals surface area contributed by atoms with E-state index in [1.54, 1.807) is 0 Å². The van der Waals surface area contributed by atoms with Crippen LogP contribution in [0.1, 0.15) is 30.0 Å². The van der Waals surface area contributed by atoms with Crippen LogP contribution < -0.4 is 0 Å². The van der Waals surface area contributed by atoms with E-state index in [1.165, 1.54) is 34.2 Å². The molecule has 0 fully saturated rings. The Hall–Kier alpha value is -1.56. The molecule has 0 saturated carbocycles. The van der Waals surface area contributed by atoms with Crippen LogP contribution in [-0.4, -0.2) is 0 Å². The van der Waals surface area contributed by atoms with Gasteiger partial charge in [-0.2, -0.15) is 0 Å². The molecule has 2 aromatic carbocycles. The second kappa shape index (κ2) is 3.79. The average Bonchev–Trinajstić information content (AvgIpc) is 2.67. The van der Waals surface area contributed by atoms with E-state index in [2.05, 4.69) is 49.4 Å². The van der Waals surface area contributed by atoms with Crippen LogP contribution in [0.4, 0.5) is 0 Å². The Morgan fingerprint density at radius 3 is 2.81 bits per heavy atom. The molecule has 0 unspecified atom stereocenters. The van der Waals surface area contributed by atoms with E-state index in [9.17, 15) is 0 Å². The van der Waals surface area contributed by atoms with Crippen molar-refractivity contribution in [1.29, 1.82) is 0 Å². The number of rotatable bonds is 2. The summed E-state index contributed by atoms with van der Waals surface area (Å²) in [5.74, 6) is 0. The molecule has 0 N–H and O–H groups in total. The maximum atomic E-state index is 3.57. The number of hydrogen-bond donors (Lipinski definition) is 0. The van der Waals surface area contributed by atoms with Crippen molar-refractivity contribution in [1.82, 2.24) is 0 Å². The normalized spacial score (nSPS) is 12.3. The number of aryl methyl sites for hydroxylation is 1. The van der Waals surface area contributed by atoms with Crippen molar-refractivity contribution in [2.24, 2.45) is 0 Å². The van der Waals surface area contributed by atoms with Crippen LogP contribution in [0.15, 0.2) is 36.4 Å². The van der Waals surface area contributed by atoms with Crippen molar-refractivity contribution >= 4 is 0 Å². The minimum absolute atomic E-state index is 1.06. The van der Waals surface area contributed by atoms with Crippen molar-refractivity contribution in [3.63, 3.8) is 0 Å². The van der Waals surface area contributed by atoms with Gasteiger partial charge >= 0.3 is 0 Å². The van der Waals surface area contributed by atoms with Crippen LogP contribution in [0.5, 0.6) is 0 Å². The number of hydrogen-bond acceptors (Lipinski definition) is 0. The molecule has 0 aliphatic heterocycles. The zero-order valence-corrected chi connectivity index (χ0v) is 9.59. The Morgan fingerprint density at radius 1 is 1.06 bits per heavy atom. The molecule has 2 aromatic rings. The second-order valence-electron chi connectivity index (χ2n) is 4.46. The zero-order valence-electron chi connectivity index (χ0n) is 9.59. The van der Waals surface area contributed by atoms with Crippen LogP contribution in [0.2, 0.25) is 0 Å². The molecule has 0 nitrogen and oxygen atoms in total. The van der Waals surface area contributed by atoms with E-state index in [0.717, 1.165) is 12.8 Å². The Labute approximate surface area is 96.9 Å². The molecule has 0 heterocycles. The van der Waals surface area contributed by atoms with Gasteiger partial charge in [-0.05, 0) is 46.7 Å². The highest BCUT2D eigenvalue weighted by atomic mass is 14.2. The monoisotopic (exact) mass is 207 g/mol. The standard InChI is InChI=1S/C16H15/c1-2-5-12-8-9-16-14(10-12)11-13-6-3-4-7-15(13)16/h3-4,6-9H,2,5,11H2,1H3. The molecule has 1 aliphatic rings. The summed E-state index contributed by atoms with van der Waals surface area (Å²) in [6.45, 7) is 2.22. The van der Waals surface area contributed by atoms with Gasteiger partial charge < -0.3 is 0 Å². The Kier molecular flexibility index (Phi) is 2.28. The van der Waals surface area contributed by atoms with E-state index in [-0.39, 0.29) is 0 Å². The smallest absolute Gasteiger partial charge is 0.000718 e. The van der Waals surface area contributed by atoms with Gasteiger partial charge in [0.2, 0.25) is 0 Å². The summed E-state index contributed by atoms with van der Waals surface area (Å²) in [6.07, 6.45) is 3.40. The van der Waals surface area contributed by atoms with E-state index in [1.807, 2.05) is 0 Å². The summed E-state index contributed by atoms with van der Waals surface area (Å²) in [6, 6.07) is 16.7. The van der Waals surface area contributed by atoms with Crippen LogP contribution in [0, 0.1) is 6.07 Å². The predicted molar refractivity (Wildman–Crippen MR) is 67.5 cm³/mol. The SMILES string of the molecule is CCCc1[c]c2c(cc1)-c1ccccc1C2. The Balaban J connectivity index is 2.07. The van der Waals surface area contributed by atoms with Crippen molar-refractivity contribution in [2.45, 2.75) is 26.2 Å². The third-order valence-corrected chi connectivity index (χ3v) is 3.28. The number of benzene rings is 2. The summed E-state index contributed by atoms with van der Waals surface area (Å²) >= 11 is 0. The quantitative estimate of drug-likeness (QED) is 0.595. The topological polar surface area (TPSA) is 0 Å². The summed E-state index contributed by atoms with van der Waals surface area (Å²) in [4.78, 5) is 0. The first kappa shape index (κ1) is 9.65. The lowest BCUT2D eigenvalue weighted by Gasteiger charge is -2.03. The predicted octanol–water partition coefficient (Wildman–Crippen LogP) is 4.01. The van der Waals surface area contributed by atoms with Gasteiger partial charge in [-0.15, -0.1) is 0 Å². The molecular formula is C16H15. The third kappa shape index (κ3) is 1.46. The molecule has 0 saturated heterocycles.